The normalized spacial score (nSPS) is 10.1. The number of aryl methyl sites for hydroxylation is 1. The fraction of sp³-hybridized carbons (Fsp3) is 0.0909. The molecule has 0 aliphatic carbocycles. The molecule has 2 N–H and O–H groups in total. The van der Waals surface area contributed by atoms with Crippen LogP contribution in [0, 0.1) is 12.7 Å². The average Bonchev–Trinajstić information content (AvgIpc) is 2.22. The SMILES string of the molecule is Cc1cc(Oc2ccc(N)cc2F)ncn1. The lowest BCUT2D eigenvalue weighted by Crippen LogP contribution is -1.94. The molecule has 0 saturated carbocycles. The van der Waals surface area contributed by atoms with Crippen LogP contribution in [0.2, 0.25) is 0 Å². The van der Waals surface area contributed by atoms with E-state index in [-0.39, 0.29) is 5.75 Å². The van der Waals surface area contributed by atoms with Crippen LogP contribution in [-0.4, -0.2) is 9.97 Å². The topological polar surface area (TPSA) is 61.0 Å². The molecule has 16 heavy (non-hydrogen) atoms. The Morgan fingerprint density at radius 2 is 2.06 bits per heavy atom. The van der Waals surface area contributed by atoms with Crippen molar-refractivity contribution < 1.29 is 9.13 Å². The van der Waals surface area contributed by atoms with E-state index in [2.05, 4.69) is 9.97 Å². The van der Waals surface area contributed by atoms with Gasteiger partial charge in [0.1, 0.15) is 6.33 Å². The van der Waals surface area contributed by atoms with Gasteiger partial charge in [0.25, 0.3) is 0 Å². The summed E-state index contributed by atoms with van der Waals surface area (Å²) in [5.74, 6) is -0.125. The van der Waals surface area contributed by atoms with Gasteiger partial charge in [0.2, 0.25) is 5.88 Å². The van der Waals surface area contributed by atoms with Crippen molar-refractivity contribution in [3.63, 3.8) is 0 Å². The number of hydrogen-bond acceptors (Lipinski definition) is 4. The number of benzene rings is 1. The van der Waals surface area contributed by atoms with Crippen LogP contribution >= 0.6 is 0 Å². The summed E-state index contributed by atoms with van der Waals surface area (Å²) in [6.07, 6.45) is 1.36. The summed E-state index contributed by atoms with van der Waals surface area (Å²) in [6.45, 7) is 1.80. The number of nitrogens with two attached hydrogens (primary N) is 1. The van der Waals surface area contributed by atoms with Crippen molar-refractivity contribution in [2.24, 2.45) is 0 Å². The highest BCUT2D eigenvalue weighted by Gasteiger charge is 2.05. The van der Waals surface area contributed by atoms with Gasteiger partial charge >= 0.3 is 0 Å². The van der Waals surface area contributed by atoms with Gasteiger partial charge in [0, 0.05) is 23.5 Å². The molecule has 82 valence electrons. The second-order valence-corrected chi connectivity index (χ2v) is 3.29. The van der Waals surface area contributed by atoms with E-state index in [0.717, 1.165) is 5.69 Å². The van der Waals surface area contributed by atoms with E-state index in [1.807, 2.05) is 0 Å². The number of rotatable bonds is 2. The maximum atomic E-state index is 13.4. The van der Waals surface area contributed by atoms with Crippen LogP contribution in [0.3, 0.4) is 0 Å². The number of hydrogen-bond donors (Lipinski definition) is 1. The zero-order chi connectivity index (χ0) is 11.5. The number of nitrogen functional groups attached to an aromatic ring is 1. The summed E-state index contributed by atoms with van der Waals surface area (Å²) in [6, 6.07) is 5.84. The zero-order valence-corrected chi connectivity index (χ0v) is 8.64. The van der Waals surface area contributed by atoms with E-state index < -0.39 is 5.82 Å². The molecule has 0 aliphatic heterocycles. The number of ether oxygens (including phenoxy) is 1. The van der Waals surface area contributed by atoms with E-state index in [1.54, 1.807) is 19.1 Å². The molecular weight excluding hydrogens is 209 g/mol. The summed E-state index contributed by atoms with van der Waals surface area (Å²) >= 11 is 0. The lowest BCUT2D eigenvalue weighted by Gasteiger charge is -2.06. The first-order chi connectivity index (χ1) is 7.65. The van der Waals surface area contributed by atoms with Crippen molar-refractivity contribution in [2.75, 3.05) is 5.73 Å². The van der Waals surface area contributed by atoms with E-state index in [1.165, 1.54) is 18.5 Å². The number of nitrogens with zero attached hydrogens (tertiary/aromatic N) is 2. The highest BCUT2D eigenvalue weighted by Crippen LogP contribution is 2.24. The Bertz CT molecular complexity index is 516. The monoisotopic (exact) mass is 219 g/mol. The number of aromatic nitrogens is 2. The van der Waals surface area contributed by atoms with Gasteiger partial charge in [-0.3, -0.25) is 0 Å². The first kappa shape index (κ1) is 10.4. The maximum Gasteiger partial charge on any atom is 0.222 e. The molecule has 1 aromatic carbocycles. The molecule has 1 heterocycles. The Morgan fingerprint density at radius 3 is 2.75 bits per heavy atom. The summed E-state index contributed by atoms with van der Waals surface area (Å²) in [5.41, 5.74) is 6.53. The molecule has 5 heteroatoms. The van der Waals surface area contributed by atoms with Crippen molar-refractivity contribution in [1.29, 1.82) is 0 Å². The minimum Gasteiger partial charge on any atom is -0.436 e. The van der Waals surface area contributed by atoms with Crippen LogP contribution in [0.4, 0.5) is 10.1 Å². The second kappa shape index (κ2) is 4.14. The molecule has 0 fully saturated rings. The first-order valence-corrected chi connectivity index (χ1v) is 4.66. The quantitative estimate of drug-likeness (QED) is 0.787. The van der Waals surface area contributed by atoms with Gasteiger partial charge in [0.05, 0.1) is 0 Å². The average molecular weight is 219 g/mol. The zero-order valence-electron chi connectivity index (χ0n) is 8.64. The summed E-state index contributed by atoms with van der Waals surface area (Å²) in [4.78, 5) is 7.78. The van der Waals surface area contributed by atoms with Gasteiger partial charge in [0.15, 0.2) is 11.6 Å². The van der Waals surface area contributed by atoms with Crippen molar-refractivity contribution in [2.45, 2.75) is 6.92 Å². The second-order valence-electron chi connectivity index (χ2n) is 3.29. The van der Waals surface area contributed by atoms with E-state index in [9.17, 15) is 4.39 Å². The third kappa shape index (κ3) is 2.25. The summed E-state index contributed by atoms with van der Waals surface area (Å²) in [5, 5.41) is 0. The fourth-order valence-corrected chi connectivity index (χ4v) is 1.20. The lowest BCUT2D eigenvalue weighted by molar-refractivity contribution is 0.426. The Labute approximate surface area is 91.9 Å². The van der Waals surface area contributed by atoms with E-state index in [0.29, 0.717) is 11.6 Å². The van der Waals surface area contributed by atoms with E-state index >= 15 is 0 Å². The molecule has 4 nitrogen and oxygen atoms in total. The molecule has 0 unspecified atom stereocenters. The predicted octanol–water partition coefficient (Wildman–Crippen LogP) is 2.30. The Balaban J connectivity index is 2.27. The predicted molar refractivity (Wildman–Crippen MR) is 57.7 cm³/mol. The maximum absolute atomic E-state index is 13.4. The molecule has 2 rings (SSSR count). The molecule has 0 amide bonds. The van der Waals surface area contributed by atoms with Crippen LogP contribution in [0.25, 0.3) is 0 Å². The van der Waals surface area contributed by atoms with Gasteiger partial charge in [-0.1, -0.05) is 0 Å². The van der Waals surface area contributed by atoms with Crippen molar-refractivity contribution in [3.05, 3.63) is 42.1 Å². The van der Waals surface area contributed by atoms with Gasteiger partial charge in [-0.2, -0.15) is 0 Å². The molecule has 1 aromatic heterocycles. The van der Waals surface area contributed by atoms with Gasteiger partial charge in [-0.25, -0.2) is 14.4 Å². The third-order valence-electron chi connectivity index (χ3n) is 1.95. The molecule has 0 aliphatic rings. The van der Waals surface area contributed by atoms with Crippen molar-refractivity contribution >= 4 is 5.69 Å². The molecule has 0 spiro atoms. The summed E-state index contributed by atoms with van der Waals surface area (Å²) in [7, 11) is 0. The molecular formula is C11H10FN3O. The Hall–Kier alpha value is -2.17. The van der Waals surface area contributed by atoms with Crippen LogP contribution in [0.15, 0.2) is 30.6 Å². The smallest absolute Gasteiger partial charge is 0.222 e. The third-order valence-corrected chi connectivity index (χ3v) is 1.95. The lowest BCUT2D eigenvalue weighted by atomic mass is 10.3. The van der Waals surface area contributed by atoms with E-state index in [4.69, 9.17) is 10.5 Å². The van der Waals surface area contributed by atoms with Crippen LogP contribution < -0.4 is 10.5 Å². The molecule has 0 radical (unpaired) electrons. The molecule has 2 aromatic rings. The highest BCUT2D eigenvalue weighted by molar-refractivity contribution is 5.43. The van der Waals surface area contributed by atoms with Crippen molar-refractivity contribution in [3.8, 4) is 11.6 Å². The number of halogens is 1. The van der Waals surface area contributed by atoms with Gasteiger partial charge in [-0.05, 0) is 19.1 Å². The van der Waals surface area contributed by atoms with Gasteiger partial charge < -0.3 is 10.5 Å². The number of anilines is 1. The molecule has 0 atom stereocenters. The Morgan fingerprint density at radius 1 is 1.25 bits per heavy atom. The standard InChI is InChI=1S/C11H10FN3O/c1-7-4-11(15-6-14-7)16-10-3-2-8(13)5-9(10)12/h2-6H,13H2,1H3. The van der Waals surface area contributed by atoms with Crippen LogP contribution in [-0.2, 0) is 0 Å². The molecule has 0 saturated heterocycles. The van der Waals surface area contributed by atoms with Crippen molar-refractivity contribution in [1.82, 2.24) is 9.97 Å². The fourth-order valence-electron chi connectivity index (χ4n) is 1.20. The largest absolute Gasteiger partial charge is 0.436 e. The minimum atomic E-state index is -0.517. The highest BCUT2D eigenvalue weighted by atomic mass is 19.1. The van der Waals surface area contributed by atoms with Crippen LogP contribution in [0.1, 0.15) is 5.69 Å². The summed E-state index contributed by atoms with van der Waals surface area (Å²) < 4.78 is 18.7. The molecule has 0 bridgehead atoms. The van der Waals surface area contributed by atoms with Gasteiger partial charge in [-0.15, -0.1) is 0 Å². The Kier molecular flexibility index (Phi) is 2.68. The minimum absolute atomic E-state index is 0.0901. The van der Waals surface area contributed by atoms with Crippen LogP contribution in [0.5, 0.6) is 11.6 Å². The first-order valence-electron chi connectivity index (χ1n) is 4.66.